The zero-order valence-electron chi connectivity index (χ0n) is 11.6. The zero-order valence-corrected chi connectivity index (χ0v) is 12.4. The number of nitriles is 1. The lowest BCUT2D eigenvalue weighted by Gasteiger charge is -2.13. The summed E-state index contributed by atoms with van der Waals surface area (Å²) in [5.41, 5.74) is 1.76. The number of nitrogens with one attached hydrogen (secondary N) is 1. The van der Waals surface area contributed by atoms with Crippen LogP contribution in [0.15, 0.2) is 29.8 Å². The van der Waals surface area contributed by atoms with Crippen LogP contribution in [0.1, 0.15) is 29.9 Å². The predicted molar refractivity (Wildman–Crippen MR) is 79.6 cm³/mol. The van der Waals surface area contributed by atoms with Gasteiger partial charge in [0.15, 0.2) is 0 Å². The van der Waals surface area contributed by atoms with Gasteiger partial charge in [-0.15, -0.1) is 11.3 Å². The highest BCUT2D eigenvalue weighted by molar-refractivity contribution is 7.10. The van der Waals surface area contributed by atoms with Crippen LogP contribution in [0, 0.1) is 11.3 Å². The summed E-state index contributed by atoms with van der Waals surface area (Å²) in [7, 11) is 0. The molecule has 5 heteroatoms. The molecule has 0 bridgehead atoms. The summed E-state index contributed by atoms with van der Waals surface area (Å²) >= 11 is 1.59. The van der Waals surface area contributed by atoms with Crippen LogP contribution in [0.3, 0.4) is 0 Å². The minimum absolute atomic E-state index is 0.110. The van der Waals surface area contributed by atoms with Crippen LogP contribution in [-0.4, -0.2) is 11.1 Å². The van der Waals surface area contributed by atoms with E-state index in [2.05, 4.69) is 16.4 Å². The quantitative estimate of drug-likeness (QED) is 0.887. The molecule has 2 rings (SSSR count). The van der Waals surface area contributed by atoms with Crippen LogP contribution in [0.2, 0.25) is 0 Å². The first-order valence-electron chi connectivity index (χ1n) is 6.48. The fraction of sp³-hybridized carbons (Fsp3) is 0.333. The number of thiophene rings is 1. The Balaban J connectivity index is 1.92. The van der Waals surface area contributed by atoms with Gasteiger partial charge in [0.05, 0.1) is 11.7 Å². The molecule has 0 radical (unpaired) electrons. The molecule has 2 aromatic heterocycles. The van der Waals surface area contributed by atoms with E-state index in [9.17, 15) is 0 Å². The van der Waals surface area contributed by atoms with E-state index in [1.165, 1.54) is 0 Å². The van der Waals surface area contributed by atoms with E-state index < -0.39 is 0 Å². The van der Waals surface area contributed by atoms with Crippen molar-refractivity contribution in [3.8, 4) is 11.9 Å². The van der Waals surface area contributed by atoms with E-state index in [1.54, 1.807) is 17.5 Å². The maximum absolute atomic E-state index is 8.79. The van der Waals surface area contributed by atoms with Crippen molar-refractivity contribution in [2.24, 2.45) is 0 Å². The van der Waals surface area contributed by atoms with Crippen LogP contribution in [-0.2, 0) is 13.1 Å². The van der Waals surface area contributed by atoms with Gasteiger partial charge in [-0.05, 0) is 26.0 Å². The molecule has 0 spiro atoms. The number of nitrogens with zero attached hydrogens (tertiary/aromatic N) is 2. The Hall–Kier alpha value is -1.90. The summed E-state index contributed by atoms with van der Waals surface area (Å²) in [4.78, 5) is 5.41. The standard InChI is InChI=1S/C15H17N3OS/c1-11(2)19-15-13(4-3-5-18-15)8-17-9-14-6-12(7-16)10-20-14/h3-6,10-11,17H,8-9H2,1-2H3. The molecule has 0 aliphatic heterocycles. The van der Waals surface area contributed by atoms with Crippen molar-refractivity contribution in [3.05, 3.63) is 45.8 Å². The molecule has 0 aromatic carbocycles. The largest absolute Gasteiger partial charge is 0.475 e. The molecule has 4 nitrogen and oxygen atoms in total. The molecule has 20 heavy (non-hydrogen) atoms. The van der Waals surface area contributed by atoms with E-state index in [4.69, 9.17) is 10.00 Å². The molecule has 0 atom stereocenters. The number of aromatic nitrogens is 1. The van der Waals surface area contributed by atoms with Crippen molar-refractivity contribution < 1.29 is 4.74 Å². The van der Waals surface area contributed by atoms with Crippen LogP contribution in [0.4, 0.5) is 0 Å². The summed E-state index contributed by atoms with van der Waals surface area (Å²) in [6, 6.07) is 7.96. The third-order valence-electron chi connectivity index (χ3n) is 2.59. The molecule has 0 saturated carbocycles. The summed E-state index contributed by atoms with van der Waals surface area (Å²) in [6.45, 7) is 5.40. The third-order valence-corrected chi connectivity index (χ3v) is 3.53. The van der Waals surface area contributed by atoms with E-state index in [1.807, 2.05) is 37.4 Å². The molecule has 1 N–H and O–H groups in total. The fourth-order valence-electron chi connectivity index (χ4n) is 1.74. The minimum Gasteiger partial charge on any atom is -0.475 e. The normalized spacial score (nSPS) is 10.5. The number of pyridine rings is 1. The number of ether oxygens (including phenoxy) is 1. The second-order valence-corrected chi connectivity index (χ2v) is 5.65. The fourth-order valence-corrected chi connectivity index (χ4v) is 2.52. The molecule has 104 valence electrons. The predicted octanol–water partition coefficient (Wildman–Crippen LogP) is 3.09. The topological polar surface area (TPSA) is 57.9 Å². The van der Waals surface area contributed by atoms with Crippen molar-refractivity contribution in [2.45, 2.75) is 33.0 Å². The first kappa shape index (κ1) is 14.5. The van der Waals surface area contributed by atoms with Gasteiger partial charge < -0.3 is 10.1 Å². The van der Waals surface area contributed by atoms with Gasteiger partial charge in [0.2, 0.25) is 5.88 Å². The van der Waals surface area contributed by atoms with E-state index in [0.717, 1.165) is 22.5 Å². The highest BCUT2D eigenvalue weighted by Crippen LogP contribution is 2.17. The summed E-state index contributed by atoms with van der Waals surface area (Å²) in [5.74, 6) is 0.680. The Morgan fingerprint density at radius 2 is 2.30 bits per heavy atom. The van der Waals surface area contributed by atoms with Crippen LogP contribution in [0.25, 0.3) is 0 Å². The van der Waals surface area contributed by atoms with Gasteiger partial charge in [-0.25, -0.2) is 4.98 Å². The van der Waals surface area contributed by atoms with Crippen LogP contribution >= 0.6 is 11.3 Å². The van der Waals surface area contributed by atoms with Crippen molar-refractivity contribution in [3.63, 3.8) is 0 Å². The van der Waals surface area contributed by atoms with Crippen molar-refractivity contribution in [2.75, 3.05) is 0 Å². The molecule has 0 aliphatic carbocycles. The highest BCUT2D eigenvalue weighted by atomic mass is 32.1. The maximum atomic E-state index is 8.79. The molecule has 0 unspecified atom stereocenters. The smallest absolute Gasteiger partial charge is 0.218 e. The molecule has 2 aromatic rings. The highest BCUT2D eigenvalue weighted by Gasteiger charge is 2.06. The average molecular weight is 287 g/mol. The van der Waals surface area contributed by atoms with Crippen molar-refractivity contribution in [1.29, 1.82) is 5.26 Å². The van der Waals surface area contributed by atoms with Gasteiger partial charge in [0.1, 0.15) is 6.07 Å². The number of rotatable bonds is 6. The minimum atomic E-state index is 0.110. The number of hydrogen-bond acceptors (Lipinski definition) is 5. The van der Waals surface area contributed by atoms with Crippen LogP contribution in [0.5, 0.6) is 5.88 Å². The first-order valence-corrected chi connectivity index (χ1v) is 7.35. The lowest BCUT2D eigenvalue weighted by molar-refractivity contribution is 0.229. The number of hydrogen-bond donors (Lipinski definition) is 1. The molecule has 2 heterocycles. The summed E-state index contributed by atoms with van der Waals surface area (Å²) < 4.78 is 5.68. The van der Waals surface area contributed by atoms with Gasteiger partial charge in [0.25, 0.3) is 0 Å². The van der Waals surface area contributed by atoms with Gasteiger partial charge in [-0.3, -0.25) is 0 Å². The van der Waals surface area contributed by atoms with Crippen molar-refractivity contribution in [1.82, 2.24) is 10.3 Å². The average Bonchev–Trinajstić information content (AvgIpc) is 2.88. The molecule has 0 amide bonds. The van der Waals surface area contributed by atoms with Gasteiger partial charge >= 0.3 is 0 Å². The lowest BCUT2D eigenvalue weighted by Crippen LogP contribution is -2.15. The van der Waals surface area contributed by atoms with Crippen LogP contribution < -0.4 is 10.1 Å². The van der Waals surface area contributed by atoms with Gasteiger partial charge in [-0.2, -0.15) is 5.26 Å². The Morgan fingerprint density at radius 1 is 1.45 bits per heavy atom. The first-order chi connectivity index (χ1) is 9.69. The summed E-state index contributed by atoms with van der Waals surface area (Å²) in [5, 5.41) is 14.0. The van der Waals surface area contributed by atoms with E-state index in [-0.39, 0.29) is 6.10 Å². The molecule has 0 aliphatic rings. The van der Waals surface area contributed by atoms with E-state index >= 15 is 0 Å². The summed E-state index contributed by atoms with van der Waals surface area (Å²) in [6.07, 6.45) is 1.85. The lowest BCUT2D eigenvalue weighted by atomic mass is 10.2. The molecular formula is C15H17N3OS. The Bertz CT molecular complexity index is 601. The molecular weight excluding hydrogens is 270 g/mol. The molecule has 0 saturated heterocycles. The van der Waals surface area contributed by atoms with Gasteiger partial charge in [0, 0.05) is 35.1 Å². The maximum Gasteiger partial charge on any atom is 0.218 e. The Kier molecular flexibility index (Phi) is 5.10. The van der Waals surface area contributed by atoms with Crippen molar-refractivity contribution >= 4 is 11.3 Å². The Morgan fingerprint density at radius 3 is 3.00 bits per heavy atom. The van der Waals surface area contributed by atoms with Gasteiger partial charge in [-0.1, -0.05) is 6.07 Å². The zero-order chi connectivity index (χ0) is 14.4. The SMILES string of the molecule is CC(C)Oc1ncccc1CNCc1cc(C#N)cs1. The second-order valence-electron chi connectivity index (χ2n) is 4.65. The Labute approximate surface area is 123 Å². The van der Waals surface area contributed by atoms with E-state index in [0.29, 0.717) is 12.4 Å². The third kappa shape index (κ3) is 4.05. The molecule has 0 fully saturated rings. The monoisotopic (exact) mass is 287 g/mol. The second kappa shape index (κ2) is 7.04.